The van der Waals surface area contributed by atoms with Gasteiger partial charge in [-0.2, -0.15) is 10.4 Å². The Labute approximate surface area is 223 Å². The maximum atomic E-state index is 13.5. The van der Waals surface area contributed by atoms with E-state index in [9.17, 15) is 14.9 Å². The van der Waals surface area contributed by atoms with Crippen molar-refractivity contribution in [2.24, 2.45) is 0 Å². The van der Waals surface area contributed by atoms with Gasteiger partial charge in [0.05, 0.1) is 17.5 Å². The third-order valence-electron chi connectivity index (χ3n) is 6.37. The smallest absolute Gasteiger partial charge is 0.271 e. The number of imide groups is 1. The summed E-state index contributed by atoms with van der Waals surface area (Å²) < 4.78 is 7.56. The minimum atomic E-state index is -0.524. The number of ether oxygens (including phenoxy) is 1. The van der Waals surface area contributed by atoms with Crippen molar-refractivity contribution < 1.29 is 14.3 Å². The van der Waals surface area contributed by atoms with E-state index in [4.69, 9.17) is 9.84 Å². The molecule has 0 N–H and O–H groups in total. The molecular weight excluding hydrogens is 476 g/mol. The third-order valence-corrected chi connectivity index (χ3v) is 6.37. The second kappa shape index (κ2) is 11.7. The van der Waals surface area contributed by atoms with E-state index in [-0.39, 0.29) is 24.1 Å². The molecule has 1 aliphatic heterocycles. The summed E-state index contributed by atoms with van der Waals surface area (Å²) in [5.74, 6) is -0.154. The molecule has 0 radical (unpaired) electrons. The lowest BCUT2D eigenvalue weighted by molar-refractivity contribution is -0.140. The Kier molecular flexibility index (Phi) is 8.22. The van der Waals surface area contributed by atoms with Crippen LogP contribution in [0, 0.1) is 11.3 Å². The Morgan fingerprint density at radius 1 is 1.03 bits per heavy atom. The normalized spacial score (nSPS) is 14.9. The Balaban J connectivity index is 1.83. The first kappa shape index (κ1) is 26.6. The maximum absolute atomic E-state index is 13.5. The van der Waals surface area contributed by atoms with Gasteiger partial charge in [0.1, 0.15) is 17.4 Å². The maximum Gasteiger partial charge on any atom is 0.271 e. The molecule has 0 saturated carbocycles. The van der Waals surface area contributed by atoms with Crippen LogP contribution in [0.4, 0.5) is 0 Å². The summed E-state index contributed by atoms with van der Waals surface area (Å²) in [5, 5.41) is 14.6. The average Bonchev–Trinajstić information content (AvgIpc) is 3.33. The van der Waals surface area contributed by atoms with Gasteiger partial charge in [0.2, 0.25) is 0 Å². The zero-order valence-electron chi connectivity index (χ0n) is 22.3. The van der Waals surface area contributed by atoms with Gasteiger partial charge < -0.3 is 4.74 Å². The van der Waals surface area contributed by atoms with E-state index >= 15 is 0 Å². The minimum Gasteiger partial charge on any atom is -0.491 e. The summed E-state index contributed by atoms with van der Waals surface area (Å²) in [6.45, 7) is 7.95. The van der Waals surface area contributed by atoms with Crippen LogP contribution in [-0.4, -0.2) is 39.1 Å². The number of para-hydroxylation sites is 1. The summed E-state index contributed by atoms with van der Waals surface area (Å²) in [4.78, 5) is 27.7. The largest absolute Gasteiger partial charge is 0.491 e. The standard InChI is InChI=1S/C31H32N4O3/c1-5-6-10-17-34-30(36)27(22(4)28(19-32)31(34)37)18-24-20-35(25-11-8-7-9-12-25)33-29(24)23-13-15-26(16-14-23)38-21(2)3/h7-9,11-16,18,20-21H,5-6,10,17H2,1-4H3/b27-18+. The molecular formula is C31H32N4O3. The van der Waals surface area contributed by atoms with Crippen LogP contribution in [0.5, 0.6) is 5.75 Å². The summed E-state index contributed by atoms with van der Waals surface area (Å²) in [5.41, 5.74) is 3.80. The van der Waals surface area contributed by atoms with E-state index in [2.05, 4.69) is 6.92 Å². The molecule has 0 fully saturated rings. The van der Waals surface area contributed by atoms with Crippen molar-refractivity contribution in [2.75, 3.05) is 6.54 Å². The fourth-order valence-corrected chi connectivity index (χ4v) is 4.40. The predicted molar refractivity (Wildman–Crippen MR) is 147 cm³/mol. The molecule has 0 spiro atoms. The Hall–Kier alpha value is -4.44. The summed E-state index contributed by atoms with van der Waals surface area (Å²) >= 11 is 0. The molecule has 3 aromatic rings. The van der Waals surface area contributed by atoms with Gasteiger partial charge in [-0.25, -0.2) is 4.68 Å². The first-order valence-electron chi connectivity index (χ1n) is 13.0. The number of nitriles is 1. The highest BCUT2D eigenvalue weighted by atomic mass is 16.5. The molecule has 0 unspecified atom stereocenters. The number of hydrogen-bond donors (Lipinski definition) is 0. The van der Waals surface area contributed by atoms with Gasteiger partial charge in [0.25, 0.3) is 11.8 Å². The van der Waals surface area contributed by atoms with Crippen molar-refractivity contribution >= 4 is 17.9 Å². The summed E-state index contributed by atoms with van der Waals surface area (Å²) in [6.07, 6.45) is 6.21. The zero-order chi connectivity index (χ0) is 27.2. The first-order valence-corrected chi connectivity index (χ1v) is 13.0. The zero-order valence-corrected chi connectivity index (χ0v) is 22.3. The summed E-state index contributed by atoms with van der Waals surface area (Å²) in [6, 6.07) is 19.4. The number of carbonyl (C=O) groups excluding carboxylic acids is 2. The minimum absolute atomic E-state index is 0.000429. The lowest BCUT2D eigenvalue weighted by atomic mass is 9.93. The number of aromatic nitrogens is 2. The Morgan fingerprint density at radius 3 is 2.37 bits per heavy atom. The van der Waals surface area contributed by atoms with E-state index in [0.717, 1.165) is 29.8 Å². The molecule has 2 aromatic carbocycles. The van der Waals surface area contributed by atoms with Crippen LogP contribution >= 0.6 is 0 Å². The van der Waals surface area contributed by atoms with Gasteiger partial charge in [0.15, 0.2) is 0 Å². The van der Waals surface area contributed by atoms with Crippen molar-refractivity contribution in [1.29, 1.82) is 5.26 Å². The van der Waals surface area contributed by atoms with Crippen LogP contribution in [0.3, 0.4) is 0 Å². The van der Waals surface area contributed by atoms with Gasteiger partial charge in [-0.15, -0.1) is 0 Å². The van der Waals surface area contributed by atoms with Crippen molar-refractivity contribution in [3.05, 3.63) is 83.1 Å². The highest BCUT2D eigenvalue weighted by molar-refractivity contribution is 6.19. The highest BCUT2D eigenvalue weighted by Crippen LogP contribution is 2.32. The number of hydrogen-bond acceptors (Lipinski definition) is 5. The monoisotopic (exact) mass is 508 g/mol. The Morgan fingerprint density at radius 2 is 1.74 bits per heavy atom. The molecule has 7 nitrogen and oxygen atoms in total. The fraction of sp³-hybridized carbons (Fsp3) is 0.290. The second-order valence-corrected chi connectivity index (χ2v) is 9.54. The third kappa shape index (κ3) is 5.60. The summed E-state index contributed by atoms with van der Waals surface area (Å²) in [7, 11) is 0. The number of unbranched alkanes of at least 4 members (excludes halogenated alkanes) is 2. The Bertz CT molecular complexity index is 1420. The molecule has 0 bridgehead atoms. The van der Waals surface area contributed by atoms with E-state index in [0.29, 0.717) is 28.8 Å². The second-order valence-electron chi connectivity index (χ2n) is 9.54. The quantitative estimate of drug-likeness (QED) is 0.198. The van der Waals surface area contributed by atoms with Gasteiger partial charge >= 0.3 is 0 Å². The molecule has 4 rings (SSSR count). The van der Waals surface area contributed by atoms with Crippen LogP contribution in [-0.2, 0) is 9.59 Å². The number of rotatable bonds is 9. The number of carbonyl (C=O) groups is 2. The average molecular weight is 509 g/mol. The van der Waals surface area contributed by atoms with Crippen LogP contribution in [0.2, 0.25) is 0 Å². The number of nitrogens with zero attached hydrogens (tertiary/aromatic N) is 4. The van der Waals surface area contributed by atoms with Gasteiger partial charge in [-0.05, 0) is 75.2 Å². The number of benzene rings is 2. The SMILES string of the molecule is CCCCCN1C(=O)C(C#N)=C(C)/C(=C\c2cn(-c3ccccc3)nc2-c2ccc(OC(C)C)cc2)C1=O. The van der Waals surface area contributed by atoms with Gasteiger partial charge in [0, 0.05) is 29.4 Å². The molecule has 2 heterocycles. The van der Waals surface area contributed by atoms with E-state index in [1.165, 1.54) is 4.90 Å². The molecule has 194 valence electrons. The molecule has 1 aliphatic rings. The van der Waals surface area contributed by atoms with Crippen LogP contribution in [0.15, 0.2) is 77.5 Å². The van der Waals surface area contributed by atoms with Crippen molar-refractivity contribution in [1.82, 2.24) is 14.7 Å². The molecule has 7 heteroatoms. The predicted octanol–water partition coefficient (Wildman–Crippen LogP) is 6.11. The molecule has 38 heavy (non-hydrogen) atoms. The molecule has 0 saturated heterocycles. The molecule has 0 atom stereocenters. The van der Waals surface area contributed by atoms with Gasteiger partial charge in [-0.1, -0.05) is 38.0 Å². The lowest BCUT2D eigenvalue weighted by Crippen LogP contribution is -2.43. The lowest BCUT2D eigenvalue weighted by Gasteiger charge is -2.27. The first-order chi connectivity index (χ1) is 18.3. The fourth-order valence-electron chi connectivity index (χ4n) is 4.40. The van der Waals surface area contributed by atoms with Crippen LogP contribution in [0.25, 0.3) is 23.0 Å². The van der Waals surface area contributed by atoms with Gasteiger partial charge in [-0.3, -0.25) is 14.5 Å². The number of amides is 2. The molecule has 1 aromatic heterocycles. The molecule has 0 aliphatic carbocycles. The van der Waals surface area contributed by atoms with Crippen LogP contribution < -0.4 is 4.74 Å². The molecule has 2 amide bonds. The van der Waals surface area contributed by atoms with Crippen LogP contribution in [0.1, 0.15) is 52.5 Å². The topological polar surface area (TPSA) is 88.2 Å². The van der Waals surface area contributed by atoms with Crippen molar-refractivity contribution in [3.8, 4) is 28.8 Å². The van der Waals surface area contributed by atoms with Crippen molar-refractivity contribution in [3.63, 3.8) is 0 Å². The van der Waals surface area contributed by atoms with E-state index in [1.807, 2.05) is 80.7 Å². The van der Waals surface area contributed by atoms with E-state index < -0.39 is 5.91 Å². The highest BCUT2D eigenvalue weighted by Gasteiger charge is 2.35. The van der Waals surface area contributed by atoms with Crippen molar-refractivity contribution in [2.45, 2.75) is 53.1 Å². The van der Waals surface area contributed by atoms with E-state index in [1.54, 1.807) is 17.7 Å².